The Morgan fingerprint density at radius 3 is 1.42 bits per heavy atom. The Morgan fingerprint density at radius 2 is 0.855 bits per heavy atom. The zero-order chi connectivity index (χ0) is 61.6. The van der Waals surface area contributed by atoms with Crippen LogP contribution in [0.15, 0.2) is 0 Å². The minimum Gasteiger partial charge on any atom is -0.394 e. The van der Waals surface area contributed by atoms with Crippen LogP contribution < -0.4 is 10.6 Å². The van der Waals surface area contributed by atoms with Crippen LogP contribution in [0.5, 0.6) is 0 Å². The number of hydrogen-bond acceptors (Lipinski definition) is 35. The largest absolute Gasteiger partial charge is 0.394 e. The summed E-state index contributed by atoms with van der Waals surface area (Å²) >= 11 is 0. The van der Waals surface area contributed by atoms with Gasteiger partial charge in [-0.2, -0.15) is 0 Å². The number of hydrogen-bond donors (Lipinski definition) is 23. The number of carbonyl (C=O) groups excluding carboxylic acids is 2. The van der Waals surface area contributed by atoms with Crippen molar-refractivity contribution in [2.75, 3.05) is 46.2 Å². The molecular weight excluding hydrogens is 1140 g/mol. The lowest BCUT2D eigenvalue weighted by Crippen LogP contribution is -2.70. The Balaban J connectivity index is 1.33. The summed E-state index contributed by atoms with van der Waals surface area (Å²) in [7, 11) is 0. The molecule has 83 heavy (non-hydrogen) atoms. The minimum atomic E-state index is -2.41. The molecule has 37 nitrogen and oxygen atoms in total. The Morgan fingerprint density at radius 1 is 0.410 bits per heavy atom. The van der Waals surface area contributed by atoms with Gasteiger partial charge >= 0.3 is 0 Å². The number of amides is 2. The molecule has 0 aromatic carbocycles. The van der Waals surface area contributed by atoms with Crippen molar-refractivity contribution in [2.24, 2.45) is 0 Å². The first-order valence-electron chi connectivity index (χ1n) is 26.4. The highest BCUT2D eigenvalue weighted by molar-refractivity contribution is 5.73. The molecule has 6 rings (SSSR count). The molecule has 0 aromatic rings. The van der Waals surface area contributed by atoms with Gasteiger partial charge in [-0.15, -0.1) is 0 Å². The number of aliphatic hydroxyl groups excluding tert-OH is 21. The van der Waals surface area contributed by atoms with Crippen LogP contribution in [0.2, 0.25) is 0 Å². The molecule has 6 aliphatic rings. The van der Waals surface area contributed by atoms with Crippen LogP contribution in [-0.4, -0.2) is 374 Å². The molecule has 6 heterocycles. The molecule has 0 saturated carbocycles. The number of carbonyl (C=O) groups is 2. The van der Waals surface area contributed by atoms with E-state index in [-0.39, 0.29) is 0 Å². The lowest BCUT2D eigenvalue weighted by atomic mass is 9.94. The highest BCUT2D eigenvalue weighted by atomic mass is 16.8. The second-order valence-corrected chi connectivity index (χ2v) is 20.8. The maximum Gasteiger partial charge on any atom is 0.217 e. The molecule has 0 aromatic heterocycles. The molecule has 0 unspecified atom stereocenters. The first-order chi connectivity index (χ1) is 39.2. The average molecular weight is 1220 g/mol. The predicted molar refractivity (Wildman–Crippen MR) is 256 cm³/mol. The summed E-state index contributed by atoms with van der Waals surface area (Å²) < 4.78 is 69.7. The topological polar surface area (TPSA) is 594 Å². The third-order valence-corrected chi connectivity index (χ3v) is 14.9. The molecule has 34 atom stereocenters. The van der Waals surface area contributed by atoms with Crippen molar-refractivity contribution in [1.82, 2.24) is 10.6 Å². The van der Waals surface area contributed by atoms with Crippen LogP contribution in [-0.2, 0) is 66.4 Å². The maximum absolute atomic E-state index is 13.0. The van der Waals surface area contributed by atoms with E-state index in [1.54, 1.807) is 0 Å². The fraction of sp³-hybridized carbons (Fsp3) is 0.957. The molecule has 484 valence electrons. The molecule has 2 amide bonds. The predicted octanol–water partition coefficient (Wildman–Crippen LogP) is -15.3. The van der Waals surface area contributed by atoms with Crippen molar-refractivity contribution in [1.29, 1.82) is 0 Å². The fourth-order valence-electron chi connectivity index (χ4n) is 10.2. The highest BCUT2D eigenvalue weighted by Crippen LogP contribution is 2.37. The van der Waals surface area contributed by atoms with Crippen molar-refractivity contribution in [3.8, 4) is 0 Å². The monoisotopic (exact) mass is 1220 g/mol. The smallest absolute Gasteiger partial charge is 0.217 e. The standard InChI is InChI=1S/C46H80N2O35/c1-11-23(59)30(66)33(69)43(73-11)83-40-32(68)26(62)17(7-52)76-46(40)81-38-22(48-13(3)56)42(74-18(8-53)27(38)63)82-39-28(64)20(78-45(35(39)71)79-36(15(58)5-50)24(60)14(57)4-49)10-72-41-21(47-12(2)55)29(65)37(19(9-54)77-41)80-44-34(70)31(67)25(61)16(6-51)75-44/h11,14-46,49-54,57-71H,4-10H2,1-3H3,(H,47,55)(H,48,56)/t11-,14-,15+,16+,17+,18+,19+,20+,21+,22+,23+,24+,25-,26-,27+,28-,29+,30+,31-,32-,33-,34+,35+,36+,37+,38+,39-,40+,41+,42-,43-,44-,45-,46-/m0/s1. The van der Waals surface area contributed by atoms with Gasteiger partial charge in [0.15, 0.2) is 37.7 Å². The second kappa shape index (κ2) is 30.7. The number of rotatable bonds is 24. The number of ether oxygens (including phenoxy) is 12. The van der Waals surface area contributed by atoms with Gasteiger partial charge in [0.25, 0.3) is 0 Å². The Bertz CT molecular complexity index is 1990. The quantitative estimate of drug-likeness (QED) is 0.0427. The molecule has 0 radical (unpaired) electrons. The maximum atomic E-state index is 13.0. The van der Waals surface area contributed by atoms with Gasteiger partial charge in [-0.05, 0) is 6.92 Å². The molecule has 0 spiro atoms. The van der Waals surface area contributed by atoms with Crippen molar-refractivity contribution in [3.05, 3.63) is 0 Å². The van der Waals surface area contributed by atoms with Crippen molar-refractivity contribution in [2.45, 2.75) is 229 Å². The summed E-state index contributed by atoms with van der Waals surface area (Å²) in [5, 5.41) is 230. The molecule has 0 bridgehead atoms. The first-order valence-corrected chi connectivity index (χ1v) is 26.4. The van der Waals surface area contributed by atoms with Crippen molar-refractivity contribution >= 4 is 11.8 Å². The van der Waals surface area contributed by atoms with Crippen LogP contribution in [0.25, 0.3) is 0 Å². The van der Waals surface area contributed by atoms with Gasteiger partial charge in [0, 0.05) is 13.8 Å². The van der Waals surface area contributed by atoms with Crippen LogP contribution in [0.3, 0.4) is 0 Å². The molecule has 0 aliphatic carbocycles. The van der Waals surface area contributed by atoms with Crippen molar-refractivity contribution in [3.63, 3.8) is 0 Å². The summed E-state index contributed by atoms with van der Waals surface area (Å²) in [5.74, 6) is -1.79. The second-order valence-electron chi connectivity index (χ2n) is 20.8. The summed E-state index contributed by atoms with van der Waals surface area (Å²) in [4.78, 5) is 25.6. The van der Waals surface area contributed by atoms with E-state index in [2.05, 4.69) is 10.6 Å². The molecule has 37 heteroatoms. The van der Waals surface area contributed by atoms with Crippen LogP contribution >= 0.6 is 0 Å². The van der Waals surface area contributed by atoms with Gasteiger partial charge in [0.2, 0.25) is 11.8 Å². The fourth-order valence-corrected chi connectivity index (χ4v) is 10.2. The van der Waals surface area contributed by atoms with E-state index in [0.717, 1.165) is 13.8 Å². The first kappa shape index (κ1) is 69.7. The normalized spacial score (nSPS) is 46.8. The van der Waals surface area contributed by atoms with Crippen LogP contribution in [0.4, 0.5) is 0 Å². The van der Waals surface area contributed by atoms with Gasteiger partial charge < -0.3 is 175 Å². The molecule has 23 N–H and O–H groups in total. The summed E-state index contributed by atoms with van der Waals surface area (Å²) in [6.07, 6.45) is -63.2. The van der Waals surface area contributed by atoms with E-state index in [1.807, 2.05) is 0 Å². The van der Waals surface area contributed by atoms with Crippen LogP contribution in [0, 0.1) is 0 Å². The van der Waals surface area contributed by atoms with E-state index in [4.69, 9.17) is 56.8 Å². The molecular formula is C46H80N2O35. The van der Waals surface area contributed by atoms with E-state index in [9.17, 15) is 117 Å². The summed E-state index contributed by atoms with van der Waals surface area (Å²) in [5.41, 5.74) is 0. The van der Waals surface area contributed by atoms with Crippen LogP contribution in [0.1, 0.15) is 20.8 Å². The van der Waals surface area contributed by atoms with Gasteiger partial charge in [0.1, 0.15) is 165 Å². The SMILES string of the molecule is CC(=O)N[C@H]1[C@H](OC[C@H]2O[C@@H](O[C@@H]([C@H](O)[C@@H](O)CO)[C@H](O)CO)[C@H](O)[C@@H](O[C@@H]3O[C@H](CO)[C@@H](O)[C@H](O[C@@H]4O[C@H](CO)[C@H](O)[C@H](O)[C@H]4O[C@@H]4O[C@@H](C)[C@@H](O)[C@@H](O)[C@@H]4O)[C@H]3NC(C)=O)[C@H]2O)O[C@H](CO)[C@@H](O[C@@H]2O[C@H](CO)[C@H](O)[C@H](O)[C@H]2O)[C@@H]1O. The van der Waals surface area contributed by atoms with E-state index < -0.39 is 267 Å². The zero-order valence-corrected chi connectivity index (χ0v) is 44.7. The molecule has 6 saturated heterocycles. The third kappa shape index (κ3) is 15.7. The Hall–Kier alpha value is -2.38. The van der Waals surface area contributed by atoms with Gasteiger partial charge in [-0.25, -0.2) is 0 Å². The van der Waals surface area contributed by atoms with E-state index >= 15 is 0 Å². The zero-order valence-electron chi connectivity index (χ0n) is 44.7. The van der Waals surface area contributed by atoms with E-state index in [0.29, 0.717) is 0 Å². The third-order valence-electron chi connectivity index (χ3n) is 14.9. The number of aliphatic hydroxyl groups is 21. The Labute approximate surface area is 471 Å². The van der Waals surface area contributed by atoms with Gasteiger partial charge in [0.05, 0.1) is 52.4 Å². The average Bonchev–Trinajstić information content (AvgIpc) is 3.63. The number of nitrogens with one attached hydrogen (secondary N) is 2. The summed E-state index contributed by atoms with van der Waals surface area (Å²) in [6.45, 7) is -4.18. The molecule has 6 fully saturated rings. The minimum absolute atomic E-state index is 0.849. The van der Waals surface area contributed by atoms with Crippen molar-refractivity contribution < 1.29 is 174 Å². The highest BCUT2D eigenvalue weighted by Gasteiger charge is 2.58. The van der Waals surface area contributed by atoms with Gasteiger partial charge in [-0.1, -0.05) is 0 Å². The molecule has 6 aliphatic heterocycles. The summed E-state index contributed by atoms with van der Waals surface area (Å²) in [6, 6.07) is -3.66. The lowest BCUT2D eigenvalue weighted by molar-refractivity contribution is -0.389. The van der Waals surface area contributed by atoms with Gasteiger partial charge in [-0.3, -0.25) is 9.59 Å². The van der Waals surface area contributed by atoms with E-state index in [1.165, 1.54) is 6.92 Å². The Kier molecular flexibility index (Phi) is 25.8. The lowest BCUT2D eigenvalue weighted by Gasteiger charge is -2.50.